The van der Waals surface area contributed by atoms with Crippen molar-refractivity contribution in [1.82, 2.24) is 9.88 Å². The monoisotopic (exact) mass is 418 g/mol. The van der Waals surface area contributed by atoms with Crippen molar-refractivity contribution < 1.29 is 17.6 Å². The first-order valence-corrected chi connectivity index (χ1v) is 11.2. The second-order valence-corrected chi connectivity index (χ2v) is 9.42. The number of aromatic nitrogens is 1. The molecule has 0 aliphatic carbocycles. The first kappa shape index (κ1) is 19.0. The number of nitrogens with zero attached hydrogens (tertiary/aromatic N) is 2. The van der Waals surface area contributed by atoms with Crippen LogP contribution in [0.4, 0.5) is 0 Å². The molecular formula is C20H19ClN2O4S. The summed E-state index contributed by atoms with van der Waals surface area (Å²) >= 11 is 6.16. The van der Waals surface area contributed by atoms with Gasteiger partial charge in [0.2, 0.25) is 0 Å². The van der Waals surface area contributed by atoms with Gasteiger partial charge in [0, 0.05) is 25.3 Å². The molecule has 1 aromatic heterocycles. The van der Waals surface area contributed by atoms with E-state index in [-0.39, 0.29) is 27.3 Å². The number of rotatable bonds is 3. The lowest BCUT2D eigenvalue weighted by Crippen LogP contribution is -2.38. The summed E-state index contributed by atoms with van der Waals surface area (Å²) < 4.78 is 29.4. The van der Waals surface area contributed by atoms with E-state index in [1.54, 1.807) is 4.90 Å². The summed E-state index contributed by atoms with van der Waals surface area (Å²) in [7, 11) is -3.41. The van der Waals surface area contributed by atoms with Crippen LogP contribution < -0.4 is 0 Å². The molecular weight excluding hydrogens is 400 g/mol. The van der Waals surface area contributed by atoms with Crippen LogP contribution in [0.15, 0.2) is 51.8 Å². The molecule has 0 saturated carbocycles. The zero-order chi connectivity index (χ0) is 19.9. The number of likely N-dealkylation sites (tertiary alicyclic amines) is 1. The van der Waals surface area contributed by atoms with Crippen molar-refractivity contribution in [3.05, 3.63) is 58.9 Å². The molecule has 146 valence electrons. The largest absolute Gasteiger partial charge is 0.440 e. The highest BCUT2D eigenvalue weighted by Gasteiger charge is 2.28. The van der Waals surface area contributed by atoms with Gasteiger partial charge in [0.1, 0.15) is 5.52 Å². The average molecular weight is 419 g/mol. The number of oxazole rings is 1. The minimum absolute atomic E-state index is 0.0848. The lowest BCUT2D eigenvalue weighted by Gasteiger charge is -2.31. The highest BCUT2D eigenvalue weighted by Crippen LogP contribution is 2.31. The van der Waals surface area contributed by atoms with E-state index in [2.05, 4.69) is 4.98 Å². The van der Waals surface area contributed by atoms with Crippen molar-refractivity contribution in [1.29, 1.82) is 0 Å². The Balaban J connectivity index is 1.50. The van der Waals surface area contributed by atoms with E-state index >= 15 is 0 Å². The van der Waals surface area contributed by atoms with Crippen molar-refractivity contribution in [3.63, 3.8) is 0 Å². The van der Waals surface area contributed by atoms with Gasteiger partial charge in [-0.05, 0) is 43.2 Å². The van der Waals surface area contributed by atoms with Crippen LogP contribution >= 0.6 is 11.6 Å². The minimum Gasteiger partial charge on any atom is -0.440 e. The Morgan fingerprint density at radius 1 is 1.18 bits per heavy atom. The molecule has 0 N–H and O–H groups in total. The maximum absolute atomic E-state index is 12.9. The summed E-state index contributed by atoms with van der Waals surface area (Å²) in [5.41, 5.74) is 1.81. The topological polar surface area (TPSA) is 80.5 Å². The molecule has 6 nitrogen and oxygen atoms in total. The quantitative estimate of drug-likeness (QED) is 0.644. The van der Waals surface area contributed by atoms with Crippen LogP contribution in [0.3, 0.4) is 0 Å². The predicted molar refractivity (Wildman–Crippen MR) is 106 cm³/mol. The lowest BCUT2D eigenvalue weighted by molar-refractivity contribution is 0.0706. The first-order chi connectivity index (χ1) is 13.3. The Bertz CT molecular complexity index is 1110. The van der Waals surface area contributed by atoms with Crippen LogP contribution in [0.2, 0.25) is 5.02 Å². The van der Waals surface area contributed by atoms with Crippen LogP contribution in [0.1, 0.15) is 35.0 Å². The van der Waals surface area contributed by atoms with E-state index in [4.69, 9.17) is 16.0 Å². The molecule has 1 fully saturated rings. The van der Waals surface area contributed by atoms with Crippen LogP contribution in [-0.4, -0.2) is 43.6 Å². The number of sulfone groups is 1. The van der Waals surface area contributed by atoms with E-state index in [1.165, 1.54) is 18.2 Å². The van der Waals surface area contributed by atoms with E-state index in [0.717, 1.165) is 30.2 Å². The summed E-state index contributed by atoms with van der Waals surface area (Å²) in [6.45, 7) is 1.06. The fourth-order valence-electron chi connectivity index (χ4n) is 3.46. The summed E-state index contributed by atoms with van der Waals surface area (Å²) in [5, 5.41) is 0.249. The Morgan fingerprint density at radius 3 is 2.57 bits per heavy atom. The molecule has 8 heteroatoms. The van der Waals surface area contributed by atoms with Gasteiger partial charge in [-0.1, -0.05) is 23.7 Å². The summed E-state index contributed by atoms with van der Waals surface area (Å²) in [6.07, 6.45) is 2.56. The standard InChI is InChI=1S/C20H19ClN2O4S/c1-28(25,26)14-6-7-16(21)15(12-14)20(24)23-10-8-13(9-11-23)19-22-17-4-2-3-5-18(17)27-19/h2-7,12-13H,8-11H2,1H3. The van der Waals surface area contributed by atoms with Crippen LogP contribution in [0.5, 0.6) is 0 Å². The second-order valence-electron chi connectivity index (χ2n) is 7.00. The fourth-order valence-corrected chi connectivity index (χ4v) is 4.31. The van der Waals surface area contributed by atoms with E-state index < -0.39 is 9.84 Å². The molecule has 3 aromatic rings. The molecule has 4 rings (SSSR count). The van der Waals surface area contributed by atoms with Crippen molar-refractivity contribution in [2.45, 2.75) is 23.7 Å². The third kappa shape index (κ3) is 3.64. The zero-order valence-corrected chi connectivity index (χ0v) is 16.8. The molecule has 0 radical (unpaired) electrons. The fraction of sp³-hybridized carbons (Fsp3) is 0.300. The Morgan fingerprint density at radius 2 is 1.89 bits per heavy atom. The molecule has 2 heterocycles. The number of hydrogen-bond donors (Lipinski definition) is 0. The second kappa shape index (κ2) is 7.22. The smallest absolute Gasteiger partial charge is 0.255 e. The molecule has 1 aliphatic rings. The molecule has 1 saturated heterocycles. The van der Waals surface area contributed by atoms with Gasteiger partial charge in [0.15, 0.2) is 21.3 Å². The van der Waals surface area contributed by atoms with E-state index in [9.17, 15) is 13.2 Å². The molecule has 0 spiro atoms. The number of benzene rings is 2. The normalized spacial score (nSPS) is 15.9. The van der Waals surface area contributed by atoms with Crippen molar-refractivity contribution in [2.75, 3.05) is 19.3 Å². The van der Waals surface area contributed by atoms with Crippen molar-refractivity contribution >= 4 is 38.4 Å². The van der Waals surface area contributed by atoms with Gasteiger partial charge in [-0.2, -0.15) is 0 Å². The molecule has 1 aliphatic heterocycles. The van der Waals surface area contributed by atoms with Crippen molar-refractivity contribution in [2.24, 2.45) is 0 Å². The predicted octanol–water partition coefficient (Wildman–Crippen LogP) is 3.90. The van der Waals surface area contributed by atoms with Crippen LogP contribution in [-0.2, 0) is 9.84 Å². The number of fused-ring (bicyclic) bond motifs is 1. The Labute approximate surface area is 168 Å². The number of hydrogen-bond acceptors (Lipinski definition) is 5. The van der Waals surface area contributed by atoms with E-state index in [0.29, 0.717) is 19.0 Å². The highest BCUT2D eigenvalue weighted by atomic mass is 35.5. The molecule has 28 heavy (non-hydrogen) atoms. The average Bonchev–Trinajstić information content (AvgIpc) is 3.11. The molecule has 0 unspecified atom stereocenters. The van der Waals surface area contributed by atoms with Gasteiger partial charge >= 0.3 is 0 Å². The Kier molecular flexibility index (Phi) is 4.89. The number of piperidine rings is 1. The Hall–Kier alpha value is -2.38. The van der Waals surface area contributed by atoms with Gasteiger partial charge in [0.05, 0.1) is 15.5 Å². The molecule has 0 bridgehead atoms. The van der Waals surface area contributed by atoms with Crippen LogP contribution in [0, 0.1) is 0 Å². The summed E-state index contributed by atoms with van der Waals surface area (Å²) in [6, 6.07) is 11.9. The van der Waals surface area contributed by atoms with Gasteiger partial charge in [0.25, 0.3) is 5.91 Å². The first-order valence-electron chi connectivity index (χ1n) is 8.97. The molecule has 0 atom stereocenters. The summed E-state index contributed by atoms with van der Waals surface area (Å²) in [5.74, 6) is 0.589. The number of carbonyl (C=O) groups is 1. The summed E-state index contributed by atoms with van der Waals surface area (Å²) in [4.78, 5) is 19.2. The number of amides is 1. The van der Waals surface area contributed by atoms with Gasteiger partial charge in [-0.3, -0.25) is 4.79 Å². The molecule has 2 aromatic carbocycles. The number of para-hydroxylation sites is 2. The van der Waals surface area contributed by atoms with Crippen LogP contribution in [0.25, 0.3) is 11.1 Å². The minimum atomic E-state index is -3.41. The SMILES string of the molecule is CS(=O)(=O)c1ccc(Cl)c(C(=O)N2CCC(c3nc4ccccc4o3)CC2)c1. The van der Waals surface area contributed by atoms with Gasteiger partial charge in [-0.25, -0.2) is 13.4 Å². The third-order valence-corrected chi connectivity index (χ3v) is 6.48. The van der Waals surface area contributed by atoms with Crippen molar-refractivity contribution in [3.8, 4) is 0 Å². The maximum atomic E-state index is 12.9. The van der Waals surface area contributed by atoms with Gasteiger partial charge < -0.3 is 9.32 Å². The third-order valence-electron chi connectivity index (χ3n) is 5.04. The highest BCUT2D eigenvalue weighted by molar-refractivity contribution is 7.90. The van der Waals surface area contributed by atoms with E-state index in [1.807, 2.05) is 24.3 Å². The number of halogens is 1. The van der Waals surface area contributed by atoms with Gasteiger partial charge in [-0.15, -0.1) is 0 Å². The lowest BCUT2D eigenvalue weighted by atomic mass is 9.96. The number of carbonyl (C=O) groups excluding carboxylic acids is 1. The maximum Gasteiger partial charge on any atom is 0.255 e. The molecule has 1 amide bonds. The zero-order valence-electron chi connectivity index (χ0n) is 15.3.